The fourth-order valence-electron chi connectivity index (χ4n) is 6.54. The first kappa shape index (κ1) is 34.4. The van der Waals surface area contributed by atoms with Crippen molar-refractivity contribution >= 4 is 72.0 Å². The predicted octanol–water partition coefficient (Wildman–Crippen LogP) is 5.92. The summed E-state index contributed by atoms with van der Waals surface area (Å²) in [5, 5.41) is 6.92. The Morgan fingerprint density at radius 3 is 2.40 bits per heavy atom. The lowest BCUT2D eigenvalue weighted by molar-refractivity contribution is -0.136. The van der Waals surface area contributed by atoms with Gasteiger partial charge in [0, 0.05) is 88.2 Å². The van der Waals surface area contributed by atoms with Crippen molar-refractivity contribution in [1.29, 1.82) is 0 Å². The van der Waals surface area contributed by atoms with Crippen molar-refractivity contribution in [2.24, 2.45) is 0 Å². The lowest BCUT2D eigenvalue weighted by Gasteiger charge is -2.43. The summed E-state index contributed by atoms with van der Waals surface area (Å²) in [4.78, 5) is 24.9. The summed E-state index contributed by atoms with van der Waals surface area (Å²) in [6, 6.07) is 7.15. The van der Waals surface area contributed by atoms with Crippen LogP contribution in [0.5, 0.6) is 0 Å². The van der Waals surface area contributed by atoms with Crippen molar-refractivity contribution < 1.29 is 13.2 Å². The van der Waals surface area contributed by atoms with Crippen LogP contribution in [-0.2, 0) is 12.6 Å². The van der Waals surface area contributed by atoms with Crippen LogP contribution < -0.4 is 25.1 Å². The molecule has 2 aromatic heterocycles. The third kappa shape index (κ3) is 7.41. The fourth-order valence-corrected chi connectivity index (χ4v) is 7.12. The zero-order valence-electron chi connectivity index (χ0n) is 27.7. The van der Waals surface area contributed by atoms with Crippen LogP contribution in [0.2, 0.25) is 0 Å². The number of piperidine rings is 1. The van der Waals surface area contributed by atoms with Gasteiger partial charge in [-0.15, -0.1) is 0 Å². The van der Waals surface area contributed by atoms with Gasteiger partial charge in [0.2, 0.25) is 5.95 Å². The molecule has 10 nitrogen and oxygen atoms in total. The maximum atomic E-state index is 14.6. The number of fused-ring (bicyclic) bond motifs is 1. The topological polar surface area (TPSA) is 88.6 Å². The molecular weight excluding hydrogens is 656 g/mol. The highest BCUT2D eigenvalue weighted by atomic mass is 32.2. The summed E-state index contributed by atoms with van der Waals surface area (Å²) < 4.78 is 45.9. The van der Waals surface area contributed by atoms with E-state index in [1.807, 2.05) is 36.7 Å². The number of piperazine rings is 1. The van der Waals surface area contributed by atoms with E-state index in [0.29, 0.717) is 34.8 Å². The van der Waals surface area contributed by atoms with Gasteiger partial charge in [0.25, 0.3) is 0 Å². The number of anilines is 6. The van der Waals surface area contributed by atoms with E-state index in [1.165, 1.54) is 18.0 Å². The molecule has 1 atom stereocenters. The van der Waals surface area contributed by atoms with E-state index in [-0.39, 0.29) is 11.6 Å². The van der Waals surface area contributed by atoms with Crippen molar-refractivity contribution in [3.8, 4) is 0 Å². The molecule has 2 N–H and O–H groups in total. The molecule has 0 amide bonds. The fraction of sp³-hybridized carbons (Fsp3) is 0.455. The summed E-state index contributed by atoms with van der Waals surface area (Å²) in [6.07, 6.45) is 4.70. The van der Waals surface area contributed by atoms with Gasteiger partial charge in [0.15, 0.2) is 0 Å². The summed E-state index contributed by atoms with van der Waals surface area (Å²) in [5.74, 6) is 0.484. The molecule has 0 radical (unpaired) electrons. The van der Waals surface area contributed by atoms with E-state index in [0.717, 1.165) is 74.6 Å². The van der Waals surface area contributed by atoms with Gasteiger partial charge in [-0.25, -0.2) is 4.98 Å². The number of likely N-dealkylation sites (N-methyl/N-ethyl adjacent to an activating group) is 1. The third-order valence-electron chi connectivity index (χ3n) is 9.28. The Labute approximate surface area is 286 Å². The van der Waals surface area contributed by atoms with Crippen LogP contribution in [0.25, 0.3) is 11.0 Å². The van der Waals surface area contributed by atoms with E-state index in [2.05, 4.69) is 61.6 Å². The number of hydrogen-bond acceptors (Lipinski definition) is 11. The maximum absolute atomic E-state index is 14.6. The Hall–Kier alpha value is -3.45. The number of hydrogen-bond donors (Lipinski definition) is 2. The average Bonchev–Trinajstić information content (AvgIpc) is 3.09. The molecule has 4 heterocycles. The third-order valence-corrected chi connectivity index (χ3v) is 10.4. The van der Waals surface area contributed by atoms with Gasteiger partial charge in [-0.05, 0) is 56.1 Å². The van der Waals surface area contributed by atoms with Gasteiger partial charge in [0.05, 0.1) is 28.1 Å². The minimum atomic E-state index is -4.58. The molecule has 2 saturated heterocycles. The van der Waals surface area contributed by atoms with Gasteiger partial charge in [-0.1, -0.05) is 28.1 Å². The van der Waals surface area contributed by atoms with E-state index in [4.69, 9.17) is 0 Å². The Morgan fingerprint density at radius 2 is 1.71 bits per heavy atom. The summed E-state index contributed by atoms with van der Waals surface area (Å²) in [6.45, 7) is 7.64. The number of nitrogens with zero attached hydrogens (tertiary/aromatic N) is 8. The molecule has 0 bridgehead atoms. The van der Waals surface area contributed by atoms with Crippen LogP contribution in [0.15, 0.2) is 42.9 Å². The molecule has 2 aliphatic rings. The summed E-state index contributed by atoms with van der Waals surface area (Å²) in [5.41, 5.74) is 3.68. The minimum Gasteiger partial charge on any atom is -0.371 e. The van der Waals surface area contributed by atoms with Crippen LogP contribution >= 0.6 is 21.2 Å². The molecule has 2 fully saturated rings. The highest BCUT2D eigenvalue weighted by Gasteiger charge is 2.36. The standard InChI is InChI=1S/C33H42F3N10PS/c1-5-21-18-26(23(33(34,35)36)19-27(21)46-12-8-22(9-13-46)45-16-14-43(2)15-17-45)41-32-39-20-28(47)31(42-32)40-25-7-6-24-29(38-11-10-37-24)30(25)44(3)48-4/h6-7,10-11,18-20,22H,5,8-9,12-17,47H2,1-4H3,(H2,39,40,41,42). The van der Waals surface area contributed by atoms with Crippen LogP contribution in [0.3, 0.4) is 0 Å². The zero-order valence-corrected chi connectivity index (χ0v) is 29.7. The summed E-state index contributed by atoms with van der Waals surface area (Å²) >= 11 is 1.51. The first-order valence-electron chi connectivity index (χ1n) is 16.2. The smallest absolute Gasteiger partial charge is 0.371 e. The molecule has 256 valence electrons. The molecule has 6 rings (SSSR count). The Bertz CT molecular complexity index is 1740. The molecular formula is C33H42F3N10PS. The highest BCUT2D eigenvalue weighted by Crippen LogP contribution is 2.41. The second-order valence-electron chi connectivity index (χ2n) is 12.2. The molecule has 2 aliphatic heterocycles. The SMILES string of the molecule is CCc1cc(Nc2ncc(P)c(Nc3ccc4nccnc4c3N(C)SC)n2)c(C(F)(F)F)cc1N1CCC(N2CCN(C)CC2)CC1. The lowest BCUT2D eigenvalue weighted by Crippen LogP contribution is -2.52. The largest absolute Gasteiger partial charge is 0.418 e. The van der Waals surface area contributed by atoms with Crippen LogP contribution in [0.4, 0.5) is 47.7 Å². The Kier molecular flexibility index (Phi) is 10.5. The number of aromatic nitrogens is 4. The van der Waals surface area contributed by atoms with E-state index in [9.17, 15) is 13.2 Å². The quantitative estimate of drug-likeness (QED) is 0.161. The number of aryl methyl sites for hydroxylation is 1. The molecule has 0 aliphatic carbocycles. The highest BCUT2D eigenvalue weighted by molar-refractivity contribution is 7.99. The molecule has 0 saturated carbocycles. The molecule has 2 aromatic carbocycles. The maximum Gasteiger partial charge on any atom is 0.418 e. The van der Waals surface area contributed by atoms with Gasteiger partial charge >= 0.3 is 6.18 Å². The normalized spacial score (nSPS) is 16.8. The van der Waals surface area contributed by atoms with E-state index in [1.54, 1.807) is 24.7 Å². The van der Waals surface area contributed by atoms with Crippen molar-refractivity contribution in [1.82, 2.24) is 29.7 Å². The summed E-state index contributed by atoms with van der Waals surface area (Å²) in [7, 11) is 6.66. The first-order chi connectivity index (χ1) is 23.0. The van der Waals surface area contributed by atoms with Crippen LogP contribution in [-0.4, -0.2) is 95.4 Å². The Morgan fingerprint density at radius 1 is 0.979 bits per heavy atom. The second kappa shape index (κ2) is 14.6. The van der Waals surface area contributed by atoms with E-state index < -0.39 is 11.7 Å². The van der Waals surface area contributed by atoms with Crippen LogP contribution in [0.1, 0.15) is 30.9 Å². The molecule has 1 unspecified atom stereocenters. The van der Waals surface area contributed by atoms with Crippen molar-refractivity contribution in [2.45, 2.75) is 38.4 Å². The lowest BCUT2D eigenvalue weighted by atomic mass is 9.98. The molecule has 0 spiro atoms. The second-order valence-corrected chi connectivity index (χ2v) is 13.8. The number of halogens is 3. The van der Waals surface area contributed by atoms with Gasteiger partial charge < -0.3 is 24.7 Å². The Balaban J connectivity index is 1.26. The number of rotatable bonds is 9. The first-order valence-corrected chi connectivity index (χ1v) is 17.9. The number of nitrogens with one attached hydrogen (secondary N) is 2. The zero-order chi connectivity index (χ0) is 34.0. The van der Waals surface area contributed by atoms with Crippen LogP contribution in [0, 0.1) is 0 Å². The molecule has 15 heteroatoms. The van der Waals surface area contributed by atoms with Crippen molar-refractivity contribution in [3.05, 3.63) is 54.0 Å². The average molecular weight is 699 g/mol. The molecule has 4 aromatic rings. The van der Waals surface area contributed by atoms with Crippen molar-refractivity contribution in [3.63, 3.8) is 0 Å². The number of benzene rings is 2. The van der Waals surface area contributed by atoms with Gasteiger partial charge in [0.1, 0.15) is 11.3 Å². The molecule has 48 heavy (non-hydrogen) atoms. The number of alkyl halides is 3. The van der Waals surface area contributed by atoms with Crippen molar-refractivity contribution in [2.75, 3.05) is 79.5 Å². The predicted molar refractivity (Wildman–Crippen MR) is 195 cm³/mol. The van der Waals surface area contributed by atoms with E-state index >= 15 is 0 Å². The monoisotopic (exact) mass is 698 g/mol. The minimum absolute atomic E-state index is 0.0531. The van der Waals surface area contributed by atoms with Gasteiger partial charge in [-0.3, -0.25) is 14.9 Å². The van der Waals surface area contributed by atoms with Gasteiger partial charge in [-0.2, -0.15) is 18.2 Å².